The van der Waals surface area contributed by atoms with Crippen molar-refractivity contribution < 1.29 is 0 Å². The van der Waals surface area contributed by atoms with Crippen LogP contribution in [0.15, 0.2) is 18.3 Å². The maximum Gasteiger partial charge on any atom is 0.128 e. The first-order valence-corrected chi connectivity index (χ1v) is 6.30. The molecule has 2 unspecified atom stereocenters. The first-order chi connectivity index (χ1) is 8.15. The predicted octanol–water partition coefficient (Wildman–Crippen LogP) is 1.83. The number of aromatic nitrogens is 1. The zero-order chi connectivity index (χ0) is 12.3. The Morgan fingerprint density at radius 1 is 1.35 bits per heavy atom. The van der Waals surface area contributed by atoms with Gasteiger partial charge in [-0.3, -0.25) is 0 Å². The van der Waals surface area contributed by atoms with Crippen LogP contribution in [0.5, 0.6) is 0 Å². The summed E-state index contributed by atoms with van der Waals surface area (Å²) in [7, 11) is 3.99. The van der Waals surface area contributed by atoms with Gasteiger partial charge in [0.25, 0.3) is 0 Å². The largest absolute Gasteiger partial charge is 0.381 e. The second kappa shape index (κ2) is 5.36. The summed E-state index contributed by atoms with van der Waals surface area (Å²) in [6.45, 7) is 0. The molecule has 0 bridgehead atoms. The van der Waals surface area contributed by atoms with Crippen molar-refractivity contribution in [1.29, 1.82) is 0 Å². The minimum Gasteiger partial charge on any atom is -0.381 e. The number of nitrogens with one attached hydrogen (secondary N) is 1. The third-order valence-corrected chi connectivity index (χ3v) is 3.29. The Morgan fingerprint density at radius 2 is 2.18 bits per heavy atom. The molecule has 1 fully saturated rings. The fourth-order valence-electron chi connectivity index (χ4n) is 2.33. The highest BCUT2D eigenvalue weighted by Gasteiger charge is 2.18. The molecular formula is C13H22N4. The van der Waals surface area contributed by atoms with Gasteiger partial charge in [0, 0.05) is 26.2 Å². The van der Waals surface area contributed by atoms with Gasteiger partial charge in [-0.15, -0.1) is 0 Å². The molecule has 0 aliphatic heterocycles. The molecule has 1 aromatic heterocycles. The summed E-state index contributed by atoms with van der Waals surface area (Å²) in [4.78, 5) is 6.40. The number of rotatable bonds is 3. The topological polar surface area (TPSA) is 54.2 Å². The van der Waals surface area contributed by atoms with E-state index in [0.717, 1.165) is 24.3 Å². The molecule has 94 valence electrons. The Bertz CT molecular complexity index is 347. The lowest BCUT2D eigenvalue weighted by Gasteiger charge is -2.28. The van der Waals surface area contributed by atoms with Crippen molar-refractivity contribution >= 4 is 11.5 Å². The molecule has 4 nitrogen and oxygen atoms in total. The average molecular weight is 234 g/mol. The van der Waals surface area contributed by atoms with E-state index in [4.69, 9.17) is 5.73 Å². The summed E-state index contributed by atoms with van der Waals surface area (Å²) >= 11 is 0. The standard InChI is InChI=1S/C13H22N4/c1-17(2)13-7-6-12(9-15-13)16-11-5-3-4-10(14)8-11/h6-7,9-11,16H,3-5,8,14H2,1-2H3. The van der Waals surface area contributed by atoms with E-state index in [0.29, 0.717) is 12.1 Å². The van der Waals surface area contributed by atoms with E-state index in [1.165, 1.54) is 12.8 Å². The van der Waals surface area contributed by atoms with Gasteiger partial charge in [-0.25, -0.2) is 4.98 Å². The lowest BCUT2D eigenvalue weighted by atomic mass is 9.91. The Morgan fingerprint density at radius 3 is 2.76 bits per heavy atom. The number of nitrogens with two attached hydrogens (primary N) is 1. The maximum absolute atomic E-state index is 5.98. The van der Waals surface area contributed by atoms with Gasteiger partial charge in [-0.1, -0.05) is 0 Å². The first-order valence-electron chi connectivity index (χ1n) is 6.30. The monoisotopic (exact) mass is 234 g/mol. The summed E-state index contributed by atoms with van der Waals surface area (Å²) in [6.07, 6.45) is 6.56. The normalized spacial score (nSPS) is 24.4. The molecule has 0 aromatic carbocycles. The molecule has 4 heteroatoms. The van der Waals surface area contributed by atoms with Crippen LogP contribution in [0.25, 0.3) is 0 Å². The number of anilines is 2. The van der Waals surface area contributed by atoms with Gasteiger partial charge in [0.2, 0.25) is 0 Å². The van der Waals surface area contributed by atoms with Crippen molar-refractivity contribution in [3.63, 3.8) is 0 Å². The molecule has 0 amide bonds. The number of pyridine rings is 1. The van der Waals surface area contributed by atoms with E-state index in [2.05, 4.69) is 16.4 Å². The van der Waals surface area contributed by atoms with Crippen molar-refractivity contribution in [2.75, 3.05) is 24.3 Å². The van der Waals surface area contributed by atoms with Crippen LogP contribution in [-0.4, -0.2) is 31.2 Å². The second-order valence-electron chi connectivity index (χ2n) is 5.07. The van der Waals surface area contributed by atoms with Crippen molar-refractivity contribution in [2.45, 2.75) is 37.8 Å². The second-order valence-corrected chi connectivity index (χ2v) is 5.07. The summed E-state index contributed by atoms with van der Waals surface area (Å²) < 4.78 is 0. The molecule has 1 aromatic rings. The van der Waals surface area contributed by atoms with E-state index >= 15 is 0 Å². The molecule has 2 atom stereocenters. The van der Waals surface area contributed by atoms with Crippen LogP contribution in [0, 0.1) is 0 Å². The molecule has 17 heavy (non-hydrogen) atoms. The minimum atomic E-state index is 0.357. The SMILES string of the molecule is CN(C)c1ccc(NC2CCCC(N)C2)cn1. The van der Waals surface area contributed by atoms with Crippen LogP contribution < -0.4 is 16.0 Å². The summed E-state index contributed by atoms with van der Waals surface area (Å²) in [5, 5.41) is 3.52. The van der Waals surface area contributed by atoms with Crippen molar-refractivity contribution in [1.82, 2.24) is 4.98 Å². The highest BCUT2D eigenvalue weighted by atomic mass is 15.1. The first kappa shape index (κ1) is 12.2. The van der Waals surface area contributed by atoms with Gasteiger partial charge in [0.05, 0.1) is 11.9 Å². The van der Waals surface area contributed by atoms with E-state index in [1.54, 1.807) is 0 Å². The molecule has 0 saturated heterocycles. The van der Waals surface area contributed by atoms with Crippen LogP contribution in [0.4, 0.5) is 11.5 Å². The van der Waals surface area contributed by atoms with Gasteiger partial charge >= 0.3 is 0 Å². The van der Waals surface area contributed by atoms with E-state index in [9.17, 15) is 0 Å². The van der Waals surface area contributed by atoms with E-state index in [-0.39, 0.29) is 0 Å². The maximum atomic E-state index is 5.98. The summed E-state index contributed by atoms with van der Waals surface area (Å²) in [6, 6.07) is 4.98. The van der Waals surface area contributed by atoms with Crippen LogP contribution in [0.1, 0.15) is 25.7 Å². The number of nitrogens with zero attached hydrogens (tertiary/aromatic N) is 2. The highest BCUT2D eigenvalue weighted by molar-refractivity contribution is 5.48. The molecule has 1 heterocycles. The molecule has 1 aliphatic rings. The van der Waals surface area contributed by atoms with Crippen molar-refractivity contribution in [3.05, 3.63) is 18.3 Å². The Labute approximate surface area is 103 Å². The summed E-state index contributed by atoms with van der Waals surface area (Å²) in [5.41, 5.74) is 7.07. The molecule has 2 rings (SSSR count). The highest BCUT2D eigenvalue weighted by Crippen LogP contribution is 2.21. The zero-order valence-corrected chi connectivity index (χ0v) is 10.7. The third-order valence-electron chi connectivity index (χ3n) is 3.29. The fourth-order valence-corrected chi connectivity index (χ4v) is 2.33. The molecule has 0 radical (unpaired) electrons. The van der Waals surface area contributed by atoms with Gasteiger partial charge in [0.15, 0.2) is 0 Å². The molecule has 3 N–H and O–H groups in total. The zero-order valence-electron chi connectivity index (χ0n) is 10.7. The molecular weight excluding hydrogens is 212 g/mol. The molecule has 1 aliphatic carbocycles. The fraction of sp³-hybridized carbons (Fsp3) is 0.615. The Kier molecular flexibility index (Phi) is 3.84. The number of hydrogen-bond acceptors (Lipinski definition) is 4. The van der Waals surface area contributed by atoms with Crippen molar-refractivity contribution in [3.8, 4) is 0 Å². The number of hydrogen-bond donors (Lipinski definition) is 2. The lowest BCUT2D eigenvalue weighted by Crippen LogP contribution is -2.34. The van der Waals surface area contributed by atoms with Gasteiger partial charge in [0.1, 0.15) is 5.82 Å². The van der Waals surface area contributed by atoms with Crippen LogP contribution in [-0.2, 0) is 0 Å². The Hall–Kier alpha value is -1.29. The summed E-state index contributed by atoms with van der Waals surface area (Å²) in [5.74, 6) is 0.982. The molecule has 1 saturated carbocycles. The quantitative estimate of drug-likeness (QED) is 0.838. The van der Waals surface area contributed by atoms with Crippen LogP contribution in [0.3, 0.4) is 0 Å². The third kappa shape index (κ3) is 3.33. The van der Waals surface area contributed by atoms with Gasteiger partial charge in [-0.2, -0.15) is 0 Å². The predicted molar refractivity (Wildman–Crippen MR) is 72.4 cm³/mol. The smallest absolute Gasteiger partial charge is 0.128 e. The van der Waals surface area contributed by atoms with Gasteiger partial charge in [-0.05, 0) is 37.8 Å². The van der Waals surface area contributed by atoms with E-state index in [1.807, 2.05) is 31.3 Å². The van der Waals surface area contributed by atoms with Gasteiger partial charge < -0.3 is 16.0 Å². The minimum absolute atomic E-state index is 0.357. The molecule has 0 spiro atoms. The lowest BCUT2D eigenvalue weighted by molar-refractivity contribution is 0.409. The Balaban J connectivity index is 1.94. The van der Waals surface area contributed by atoms with E-state index < -0.39 is 0 Å². The van der Waals surface area contributed by atoms with Crippen LogP contribution >= 0.6 is 0 Å². The van der Waals surface area contributed by atoms with Crippen LogP contribution in [0.2, 0.25) is 0 Å². The average Bonchev–Trinajstić information content (AvgIpc) is 2.29. The van der Waals surface area contributed by atoms with Crippen molar-refractivity contribution in [2.24, 2.45) is 5.73 Å².